The van der Waals surface area contributed by atoms with Gasteiger partial charge in [0.15, 0.2) is 0 Å². The number of hydrogen-bond acceptors (Lipinski definition) is 1. The van der Waals surface area contributed by atoms with Gasteiger partial charge in [-0.2, -0.15) is 0 Å². The third-order valence-electron chi connectivity index (χ3n) is 3.35. The Morgan fingerprint density at radius 3 is 2.47 bits per heavy atom. The summed E-state index contributed by atoms with van der Waals surface area (Å²) < 4.78 is 0. The molecule has 0 saturated heterocycles. The molecule has 0 heterocycles. The molecule has 84 valence electrons. The van der Waals surface area contributed by atoms with Crippen LogP contribution in [0, 0.1) is 0 Å². The van der Waals surface area contributed by atoms with Crippen LogP contribution >= 0.6 is 0 Å². The minimum Gasteiger partial charge on any atom is -0.481 e. The highest BCUT2D eigenvalue weighted by Crippen LogP contribution is 2.37. The summed E-state index contributed by atoms with van der Waals surface area (Å²) in [4.78, 5) is 10.9. The van der Waals surface area contributed by atoms with Gasteiger partial charge in [-0.15, -0.1) is 0 Å². The molecule has 2 nitrogen and oxygen atoms in total. The zero-order valence-electron chi connectivity index (χ0n) is 9.26. The average Bonchev–Trinajstić information content (AvgIpc) is 2.31. The van der Waals surface area contributed by atoms with Crippen LogP contribution in [0.5, 0.6) is 0 Å². The van der Waals surface area contributed by atoms with Crippen molar-refractivity contribution in [3.05, 3.63) is 59.7 Å². The van der Waals surface area contributed by atoms with Crippen LogP contribution in [0.25, 0.3) is 11.1 Å². The molecule has 0 fully saturated rings. The molecular weight excluding hydrogens is 212 g/mol. The lowest BCUT2D eigenvalue weighted by molar-refractivity contribution is -0.139. The van der Waals surface area contributed by atoms with E-state index in [2.05, 4.69) is 18.2 Å². The molecule has 1 N–H and O–H groups in total. The Bertz CT molecular complexity index is 573. The summed E-state index contributed by atoms with van der Waals surface area (Å²) >= 11 is 0. The fourth-order valence-corrected chi connectivity index (χ4v) is 2.35. The van der Waals surface area contributed by atoms with Crippen molar-refractivity contribution in [3.8, 4) is 11.1 Å². The van der Waals surface area contributed by atoms with Crippen molar-refractivity contribution < 1.29 is 9.90 Å². The maximum atomic E-state index is 10.9. The highest BCUT2D eigenvalue weighted by Gasteiger charge is 2.31. The minimum atomic E-state index is -0.718. The largest absolute Gasteiger partial charge is 0.481 e. The molecule has 3 rings (SSSR count). The van der Waals surface area contributed by atoms with Gasteiger partial charge in [-0.25, -0.2) is 0 Å². The van der Waals surface area contributed by atoms with Crippen molar-refractivity contribution in [2.24, 2.45) is 0 Å². The van der Waals surface area contributed by atoms with Crippen molar-refractivity contribution in [2.75, 3.05) is 0 Å². The fourth-order valence-electron chi connectivity index (χ4n) is 2.35. The van der Waals surface area contributed by atoms with Crippen LogP contribution in [0.15, 0.2) is 48.5 Å². The maximum Gasteiger partial charge on any atom is 0.311 e. The van der Waals surface area contributed by atoms with E-state index >= 15 is 0 Å². The van der Waals surface area contributed by atoms with Crippen molar-refractivity contribution >= 4 is 5.97 Å². The summed E-state index contributed by atoms with van der Waals surface area (Å²) in [6, 6.07) is 16.2. The molecule has 0 saturated carbocycles. The molecule has 0 amide bonds. The Kier molecular flexibility index (Phi) is 2.22. The summed E-state index contributed by atoms with van der Waals surface area (Å²) in [5, 5.41) is 8.97. The summed E-state index contributed by atoms with van der Waals surface area (Å²) in [6.45, 7) is 0. The van der Waals surface area contributed by atoms with Gasteiger partial charge in [-0.3, -0.25) is 4.79 Å². The van der Waals surface area contributed by atoms with Gasteiger partial charge in [0.1, 0.15) is 0 Å². The van der Waals surface area contributed by atoms with Gasteiger partial charge in [-0.05, 0) is 28.7 Å². The Labute approximate surface area is 99.5 Å². The molecule has 1 aliphatic rings. The first-order valence-corrected chi connectivity index (χ1v) is 5.67. The topological polar surface area (TPSA) is 37.3 Å². The molecule has 2 aromatic rings. The van der Waals surface area contributed by atoms with Gasteiger partial charge in [-0.1, -0.05) is 48.5 Å². The van der Waals surface area contributed by atoms with E-state index in [-0.39, 0.29) is 5.92 Å². The number of carboxylic acids is 1. The minimum absolute atomic E-state index is 0.296. The first kappa shape index (κ1) is 10.1. The van der Waals surface area contributed by atoms with E-state index in [9.17, 15) is 4.79 Å². The van der Waals surface area contributed by atoms with Crippen LogP contribution in [0.2, 0.25) is 0 Å². The van der Waals surface area contributed by atoms with Crippen LogP contribution in [0.3, 0.4) is 0 Å². The molecule has 1 atom stereocenters. The number of aliphatic carboxylic acids is 1. The normalized spacial score (nSPS) is 17.1. The van der Waals surface area contributed by atoms with Gasteiger partial charge >= 0.3 is 5.97 Å². The predicted octanol–water partition coefficient (Wildman–Crippen LogP) is 3.08. The summed E-state index contributed by atoms with van der Waals surface area (Å²) in [5.41, 5.74) is 4.47. The van der Waals surface area contributed by atoms with Gasteiger partial charge in [0.05, 0.1) is 5.92 Å². The second-order valence-electron chi connectivity index (χ2n) is 4.37. The highest BCUT2D eigenvalue weighted by atomic mass is 16.4. The smallest absolute Gasteiger partial charge is 0.311 e. The van der Waals surface area contributed by atoms with E-state index < -0.39 is 5.97 Å². The predicted molar refractivity (Wildman–Crippen MR) is 66.0 cm³/mol. The zero-order valence-corrected chi connectivity index (χ0v) is 9.26. The Hall–Kier alpha value is -2.09. The van der Waals surface area contributed by atoms with E-state index in [1.54, 1.807) is 0 Å². The molecule has 0 aromatic heterocycles. The fraction of sp³-hybridized carbons (Fsp3) is 0.133. The molecule has 0 radical (unpaired) electrons. The molecular formula is C15H12O2. The summed E-state index contributed by atoms with van der Waals surface area (Å²) in [5.74, 6) is -1.01. The van der Waals surface area contributed by atoms with E-state index in [0.29, 0.717) is 6.42 Å². The van der Waals surface area contributed by atoms with Crippen LogP contribution in [0.1, 0.15) is 17.0 Å². The second kappa shape index (κ2) is 3.74. The lowest BCUT2D eigenvalue weighted by atomic mass is 9.76. The second-order valence-corrected chi connectivity index (χ2v) is 4.37. The first-order chi connectivity index (χ1) is 8.25. The van der Waals surface area contributed by atoms with Crippen LogP contribution in [-0.4, -0.2) is 11.1 Å². The lowest BCUT2D eigenvalue weighted by Gasteiger charge is -2.27. The van der Waals surface area contributed by atoms with Crippen LogP contribution in [0.4, 0.5) is 0 Å². The van der Waals surface area contributed by atoms with E-state index in [4.69, 9.17) is 5.11 Å². The number of carbonyl (C=O) groups is 1. The first-order valence-electron chi connectivity index (χ1n) is 5.67. The Morgan fingerprint density at radius 1 is 1.06 bits per heavy atom. The highest BCUT2D eigenvalue weighted by molar-refractivity contribution is 5.81. The Balaban J connectivity index is 1.97. The molecule has 1 unspecified atom stereocenters. The molecule has 0 bridgehead atoms. The van der Waals surface area contributed by atoms with Crippen molar-refractivity contribution in [3.63, 3.8) is 0 Å². The number of benzene rings is 2. The van der Waals surface area contributed by atoms with Gasteiger partial charge < -0.3 is 5.11 Å². The average molecular weight is 224 g/mol. The standard InChI is InChI=1S/C15H12O2/c16-15(17)14-9-12-8-11(6-7-13(12)14)10-4-2-1-3-5-10/h1-8,14H,9H2,(H,16,17). The van der Waals surface area contributed by atoms with Crippen LogP contribution < -0.4 is 0 Å². The van der Waals surface area contributed by atoms with Crippen LogP contribution in [-0.2, 0) is 11.2 Å². The SMILES string of the molecule is O=C(O)C1Cc2cc(-c3ccccc3)ccc21. The van der Waals surface area contributed by atoms with Gasteiger partial charge in [0.25, 0.3) is 0 Å². The number of fused-ring (bicyclic) bond motifs is 1. The Morgan fingerprint density at radius 2 is 1.82 bits per heavy atom. The molecule has 1 aliphatic carbocycles. The number of rotatable bonds is 2. The quantitative estimate of drug-likeness (QED) is 0.851. The molecule has 17 heavy (non-hydrogen) atoms. The molecule has 0 spiro atoms. The lowest BCUT2D eigenvalue weighted by Crippen LogP contribution is -2.24. The van der Waals surface area contributed by atoms with E-state index in [0.717, 1.165) is 11.1 Å². The van der Waals surface area contributed by atoms with E-state index in [1.807, 2.05) is 30.3 Å². The summed E-state index contributed by atoms with van der Waals surface area (Å²) in [7, 11) is 0. The zero-order chi connectivity index (χ0) is 11.8. The molecule has 2 aromatic carbocycles. The third-order valence-corrected chi connectivity index (χ3v) is 3.35. The summed E-state index contributed by atoms with van der Waals surface area (Å²) in [6.07, 6.45) is 0.658. The molecule has 0 aliphatic heterocycles. The third kappa shape index (κ3) is 1.62. The van der Waals surface area contributed by atoms with Gasteiger partial charge in [0, 0.05) is 0 Å². The van der Waals surface area contributed by atoms with E-state index in [1.165, 1.54) is 11.1 Å². The monoisotopic (exact) mass is 224 g/mol. The number of carboxylic acid groups (broad SMARTS) is 1. The number of hydrogen-bond donors (Lipinski definition) is 1. The van der Waals surface area contributed by atoms with Gasteiger partial charge in [0.2, 0.25) is 0 Å². The van der Waals surface area contributed by atoms with Crippen molar-refractivity contribution in [1.29, 1.82) is 0 Å². The van der Waals surface area contributed by atoms with Crippen molar-refractivity contribution in [2.45, 2.75) is 12.3 Å². The molecule has 2 heteroatoms. The maximum absolute atomic E-state index is 10.9. The van der Waals surface area contributed by atoms with Crippen molar-refractivity contribution in [1.82, 2.24) is 0 Å².